The predicted molar refractivity (Wildman–Crippen MR) is 61.7 cm³/mol. The standard InChI is InChI=1S/C13H17FN2/c14-11-3-1-10(2-4-11)13-9-16(8-7-15-13)12-5-6-12/h1-4,12-13,15H,5-9H2/t13-/m0/s1. The smallest absolute Gasteiger partial charge is 0.123 e. The van der Waals surface area contributed by atoms with E-state index in [1.165, 1.54) is 18.4 Å². The van der Waals surface area contributed by atoms with Gasteiger partial charge in [-0.15, -0.1) is 0 Å². The minimum Gasteiger partial charge on any atom is -0.308 e. The summed E-state index contributed by atoms with van der Waals surface area (Å²) in [6, 6.07) is 8.08. The number of hydrogen-bond acceptors (Lipinski definition) is 2. The Labute approximate surface area is 95.4 Å². The second-order valence-corrected chi connectivity index (χ2v) is 4.78. The molecule has 3 rings (SSSR count). The number of halogens is 1. The van der Waals surface area contributed by atoms with Gasteiger partial charge in [-0.1, -0.05) is 12.1 Å². The highest BCUT2D eigenvalue weighted by molar-refractivity contribution is 5.21. The van der Waals surface area contributed by atoms with Crippen molar-refractivity contribution in [1.29, 1.82) is 0 Å². The molecule has 1 saturated heterocycles. The van der Waals surface area contributed by atoms with Crippen LogP contribution in [0.4, 0.5) is 4.39 Å². The van der Waals surface area contributed by atoms with Crippen molar-refractivity contribution in [1.82, 2.24) is 10.2 Å². The van der Waals surface area contributed by atoms with Gasteiger partial charge in [0.2, 0.25) is 0 Å². The minimum absolute atomic E-state index is 0.154. The third-order valence-electron chi connectivity index (χ3n) is 3.54. The molecular weight excluding hydrogens is 203 g/mol. The van der Waals surface area contributed by atoms with Crippen molar-refractivity contribution in [2.24, 2.45) is 0 Å². The molecule has 3 heteroatoms. The van der Waals surface area contributed by atoms with Gasteiger partial charge < -0.3 is 5.32 Å². The van der Waals surface area contributed by atoms with Crippen LogP contribution >= 0.6 is 0 Å². The third kappa shape index (κ3) is 2.11. The van der Waals surface area contributed by atoms with Crippen LogP contribution in [0, 0.1) is 5.82 Å². The molecule has 1 aromatic carbocycles. The Morgan fingerprint density at radius 2 is 1.94 bits per heavy atom. The van der Waals surface area contributed by atoms with Gasteiger partial charge in [-0.05, 0) is 30.5 Å². The van der Waals surface area contributed by atoms with Gasteiger partial charge in [-0.3, -0.25) is 4.90 Å². The summed E-state index contributed by atoms with van der Waals surface area (Å²) in [4.78, 5) is 2.56. The van der Waals surface area contributed by atoms with Crippen molar-refractivity contribution in [2.45, 2.75) is 24.9 Å². The molecule has 1 aromatic rings. The molecule has 1 atom stereocenters. The molecule has 1 N–H and O–H groups in total. The van der Waals surface area contributed by atoms with Gasteiger partial charge >= 0.3 is 0 Å². The number of benzene rings is 1. The molecule has 0 bridgehead atoms. The SMILES string of the molecule is Fc1ccc([C@@H]2CN(C3CC3)CCN2)cc1. The average molecular weight is 220 g/mol. The lowest BCUT2D eigenvalue weighted by Crippen LogP contribution is -2.46. The van der Waals surface area contributed by atoms with Crippen LogP contribution in [0.25, 0.3) is 0 Å². The molecule has 1 aliphatic carbocycles. The lowest BCUT2D eigenvalue weighted by Gasteiger charge is -2.34. The molecule has 1 heterocycles. The summed E-state index contributed by atoms with van der Waals surface area (Å²) in [5.74, 6) is -0.154. The average Bonchev–Trinajstić information content (AvgIpc) is 3.14. The molecule has 0 unspecified atom stereocenters. The molecule has 2 fully saturated rings. The Kier molecular flexibility index (Phi) is 2.65. The van der Waals surface area contributed by atoms with Crippen LogP contribution in [0.15, 0.2) is 24.3 Å². The first-order valence-electron chi connectivity index (χ1n) is 6.06. The van der Waals surface area contributed by atoms with Crippen molar-refractivity contribution in [3.8, 4) is 0 Å². The molecule has 0 amide bonds. The van der Waals surface area contributed by atoms with E-state index in [1.54, 1.807) is 12.1 Å². The lowest BCUT2D eigenvalue weighted by molar-refractivity contribution is 0.192. The Balaban J connectivity index is 1.71. The van der Waals surface area contributed by atoms with Crippen molar-refractivity contribution in [2.75, 3.05) is 19.6 Å². The lowest BCUT2D eigenvalue weighted by atomic mass is 10.0. The summed E-state index contributed by atoms with van der Waals surface area (Å²) in [5, 5.41) is 3.50. The highest BCUT2D eigenvalue weighted by Gasteiger charge is 2.32. The predicted octanol–water partition coefficient (Wildman–Crippen LogP) is 1.93. The van der Waals surface area contributed by atoms with E-state index in [9.17, 15) is 4.39 Å². The maximum Gasteiger partial charge on any atom is 0.123 e. The van der Waals surface area contributed by atoms with Crippen LogP contribution in [0.1, 0.15) is 24.4 Å². The van der Waals surface area contributed by atoms with Gasteiger partial charge in [0.1, 0.15) is 5.82 Å². The van der Waals surface area contributed by atoms with E-state index in [1.807, 2.05) is 12.1 Å². The summed E-state index contributed by atoms with van der Waals surface area (Å²) in [6.07, 6.45) is 2.71. The quantitative estimate of drug-likeness (QED) is 0.819. The van der Waals surface area contributed by atoms with Crippen LogP contribution in [0.3, 0.4) is 0 Å². The zero-order valence-corrected chi connectivity index (χ0v) is 9.32. The Morgan fingerprint density at radius 1 is 1.19 bits per heavy atom. The van der Waals surface area contributed by atoms with Crippen LogP contribution in [-0.2, 0) is 0 Å². The summed E-state index contributed by atoms with van der Waals surface area (Å²) < 4.78 is 12.8. The van der Waals surface area contributed by atoms with Crippen LogP contribution in [-0.4, -0.2) is 30.6 Å². The second kappa shape index (κ2) is 4.15. The fourth-order valence-electron chi connectivity index (χ4n) is 2.46. The zero-order chi connectivity index (χ0) is 11.0. The van der Waals surface area contributed by atoms with Crippen molar-refractivity contribution >= 4 is 0 Å². The first-order valence-corrected chi connectivity index (χ1v) is 6.06. The van der Waals surface area contributed by atoms with Gasteiger partial charge in [-0.25, -0.2) is 4.39 Å². The summed E-state index contributed by atoms with van der Waals surface area (Å²) in [6.45, 7) is 3.26. The first-order chi connectivity index (χ1) is 7.83. The second-order valence-electron chi connectivity index (χ2n) is 4.78. The number of nitrogens with zero attached hydrogens (tertiary/aromatic N) is 1. The number of nitrogens with one attached hydrogen (secondary N) is 1. The van der Waals surface area contributed by atoms with Gasteiger partial charge in [0.05, 0.1) is 0 Å². The molecular formula is C13H17FN2. The van der Waals surface area contributed by atoms with Crippen LogP contribution < -0.4 is 5.32 Å². The molecule has 2 aliphatic rings. The van der Waals surface area contributed by atoms with Crippen molar-refractivity contribution in [3.05, 3.63) is 35.6 Å². The Hall–Kier alpha value is -0.930. The molecule has 2 nitrogen and oxygen atoms in total. The van der Waals surface area contributed by atoms with E-state index in [-0.39, 0.29) is 5.82 Å². The fraction of sp³-hybridized carbons (Fsp3) is 0.538. The highest BCUT2D eigenvalue weighted by Crippen LogP contribution is 2.30. The van der Waals surface area contributed by atoms with Gasteiger partial charge in [0.15, 0.2) is 0 Å². The fourth-order valence-corrected chi connectivity index (χ4v) is 2.46. The molecule has 1 saturated carbocycles. The molecule has 0 spiro atoms. The number of piperazine rings is 1. The molecule has 1 aliphatic heterocycles. The van der Waals surface area contributed by atoms with E-state index < -0.39 is 0 Å². The summed E-state index contributed by atoms with van der Waals surface area (Å²) in [5.41, 5.74) is 1.20. The van der Waals surface area contributed by atoms with Crippen molar-refractivity contribution < 1.29 is 4.39 Å². The maximum absolute atomic E-state index is 12.8. The molecule has 16 heavy (non-hydrogen) atoms. The maximum atomic E-state index is 12.8. The molecule has 0 aromatic heterocycles. The van der Waals surface area contributed by atoms with Crippen molar-refractivity contribution in [3.63, 3.8) is 0 Å². The zero-order valence-electron chi connectivity index (χ0n) is 9.32. The van der Waals surface area contributed by atoms with Crippen LogP contribution in [0.2, 0.25) is 0 Å². The summed E-state index contributed by atoms with van der Waals surface area (Å²) >= 11 is 0. The number of hydrogen-bond donors (Lipinski definition) is 1. The van der Waals surface area contributed by atoms with Crippen LogP contribution in [0.5, 0.6) is 0 Å². The molecule has 86 valence electrons. The Morgan fingerprint density at radius 3 is 2.62 bits per heavy atom. The van der Waals surface area contributed by atoms with E-state index >= 15 is 0 Å². The highest BCUT2D eigenvalue weighted by atomic mass is 19.1. The Bertz CT molecular complexity index is 359. The summed E-state index contributed by atoms with van der Waals surface area (Å²) in [7, 11) is 0. The van der Waals surface area contributed by atoms with Gasteiger partial charge in [-0.2, -0.15) is 0 Å². The van der Waals surface area contributed by atoms with Gasteiger partial charge in [0.25, 0.3) is 0 Å². The van der Waals surface area contributed by atoms with Gasteiger partial charge in [0, 0.05) is 31.7 Å². The minimum atomic E-state index is -0.154. The van der Waals surface area contributed by atoms with E-state index in [2.05, 4.69) is 10.2 Å². The normalized spacial score (nSPS) is 26.9. The largest absolute Gasteiger partial charge is 0.308 e. The van der Waals surface area contributed by atoms with E-state index in [0.29, 0.717) is 6.04 Å². The number of rotatable bonds is 2. The molecule has 0 radical (unpaired) electrons. The van der Waals surface area contributed by atoms with E-state index in [0.717, 1.165) is 25.7 Å². The first kappa shape index (κ1) is 10.2. The topological polar surface area (TPSA) is 15.3 Å². The monoisotopic (exact) mass is 220 g/mol. The van der Waals surface area contributed by atoms with E-state index in [4.69, 9.17) is 0 Å². The third-order valence-corrected chi connectivity index (χ3v) is 3.54.